The quantitative estimate of drug-likeness (QED) is 0.782. The van der Waals surface area contributed by atoms with Gasteiger partial charge in [-0.15, -0.1) is 0 Å². The van der Waals surface area contributed by atoms with Crippen molar-refractivity contribution in [3.05, 3.63) is 0 Å². The van der Waals surface area contributed by atoms with Crippen LogP contribution < -0.4 is 5.32 Å². The summed E-state index contributed by atoms with van der Waals surface area (Å²) in [6, 6.07) is 0. The zero-order valence-corrected chi connectivity index (χ0v) is 17.4. The fraction of sp³-hybridized carbons (Fsp3) is 0.864. The summed E-state index contributed by atoms with van der Waals surface area (Å²) in [6.45, 7) is 6.18. The fourth-order valence-electron chi connectivity index (χ4n) is 6.74. The number of hydrogen-bond donors (Lipinski definition) is 1. The summed E-state index contributed by atoms with van der Waals surface area (Å²) in [5, 5.41) is 2.90. The second-order valence-corrected chi connectivity index (χ2v) is 10.2. The summed E-state index contributed by atoms with van der Waals surface area (Å²) >= 11 is 0. The van der Waals surface area contributed by atoms with Crippen molar-refractivity contribution in [2.24, 2.45) is 29.1 Å². The Kier molecular flexibility index (Phi) is 5.41. The number of hydrogen-bond acceptors (Lipinski definition) is 3. The molecule has 0 atom stereocenters. The summed E-state index contributed by atoms with van der Waals surface area (Å²) in [7, 11) is 0. The molecule has 0 aromatic rings. The van der Waals surface area contributed by atoms with Gasteiger partial charge in [-0.25, -0.2) is 0 Å². The normalized spacial score (nSPS) is 34.0. The molecule has 4 aliphatic carbocycles. The van der Waals surface area contributed by atoms with E-state index in [4.69, 9.17) is 0 Å². The van der Waals surface area contributed by atoms with Crippen molar-refractivity contribution in [1.29, 1.82) is 0 Å². The van der Waals surface area contributed by atoms with Crippen molar-refractivity contribution in [3.8, 4) is 0 Å². The third kappa shape index (κ3) is 4.06. The van der Waals surface area contributed by atoms with Gasteiger partial charge in [0.1, 0.15) is 0 Å². The molecule has 5 aliphatic rings. The molecule has 1 aliphatic heterocycles. The lowest BCUT2D eigenvalue weighted by molar-refractivity contribution is -0.141. The fourth-order valence-corrected chi connectivity index (χ4v) is 6.74. The third-order valence-electron chi connectivity index (χ3n) is 7.58. The SMILES string of the molecule is CC(C)C(=O)N1CCN(C(=O)CNC(=O)CC23CC4CC(CC(C4)C2)C3)CC1. The third-order valence-corrected chi connectivity index (χ3v) is 7.58. The molecule has 156 valence electrons. The maximum Gasteiger partial charge on any atom is 0.242 e. The zero-order chi connectivity index (χ0) is 19.9. The lowest BCUT2D eigenvalue weighted by atomic mass is 9.49. The highest BCUT2D eigenvalue weighted by Crippen LogP contribution is 2.61. The van der Waals surface area contributed by atoms with Crippen molar-refractivity contribution in [2.45, 2.75) is 58.8 Å². The van der Waals surface area contributed by atoms with Crippen LogP contribution in [0.2, 0.25) is 0 Å². The van der Waals surface area contributed by atoms with Crippen molar-refractivity contribution in [1.82, 2.24) is 15.1 Å². The maximum atomic E-state index is 12.6. The van der Waals surface area contributed by atoms with Crippen LogP contribution in [0.15, 0.2) is 0 Å². The van der Waals surface area contributed by atoms with Crippen LogP contribution in [0.1, 0.15) is 58.8 Å². The van der Waals surface area contributed by atoms with Crippen LogP contribution in [0.4, 0.5) is 0 Å². The van der Waals surface area contributed by atoms with Gasteiger partial charge in [0.15, 0.2) is 0 Å². The van der Waals surface area contributed by atoms with E-state index in [0.29, 0.717) is 32.6 Å². The topological polar surface area (TPSA) is 69.7 Å². The second-order valence-electron chi connectivity index (χ2n) is 10.2. The highest BCUT2D eigenvalue weighted by molar-refractivity contribution is 5.85. The minimum atomic E-state index is -0.0319. The van der Waals surface area contributed by atoms with Gasteiger partial charge in [0.2, 0.25) is 17.7 Å². The van der Waals surface area contributed by atoms with E-state index in [1.165, 1.54) is 38.5 Å². The van der Waals surface area contributed by atoms with E-state index in [1.54, 1.807) is 4.90 Å². The van der Waals surface area contributed by atoms with E-state index in [9.17, 15) is 14.4 Å². The van der Waals surface area contributed by atoms with E-state index < -0.39 is 0 Å². The number of nitrogens with zero attached hydrogens (tertiary/aromatic N) is 2. The Hall–Kier alpha value is -1.59. The van der Waals surface area contributed by atoms with Gasteiger partial charge >= 0.3 is 0 Å². The van der Waals surface area contributed by atoms with Crippen LogP contribution in [0.25, 0.3) is 0 Å². The van der Waals surface area contributed by atoms with Crippen LogP contribution in [0.5, 0.6) is 0 Å². The Morgan fingerprint density at radius 1 is 0.893 bits per heavy atom. The molecule has 0 aromatic heterocycles. The van der Waals surface area contributed by atoms with E-state index in [-0.39, 0.29) is 35.6 Å². The number of piperazine rings is 1. The van der Waals surface area contributed by atoms with Crippen LogP contribution in [0.3, 0.4) is 0 Å². The van der Waals surface area contributed by atoms with E-state index in [2.05, 4.69) is 5.32 Å². The van der Waals surface area contributed by atoms with Crippen LogP contribution >= 0.6 is 0 Å². The highest BCUT2D eigenvalue weighted by Gasteiger charge is 2.51. The predicted octanol–water partition coefficient (Wildman–Crippen LogP) is 2.04. The highest BCUT2D eigenvalue weighted by atomic mass is 16.2. The second kappa shape index (κ2) is 7.68. The van der Waals surface area contributed by atoms with Crippen LogP contribution in [-0.2, 0) is 14.4 Å². The molecule has 6 nitrogen and oxygen atoms in total. The van der Waals surface area contributed by atoms with Gasteiger partial charge in [-0.05, 0) is 61.7 Å². The number of amides is 3. The average molecular weight is 390 g/mol. The van der Waals surface area contributed by atoms with Gasteiger partial charge in [-0.2, -0.15) is 0 Å². The molecule has 0 radical (unpaired) electrons. The molecule has 0 aromatic carbocycles. The lowest BCUT2D eigenvalue weighted by Gasteiger charge is -2.56. The standard InChI is InChI=1S/C22H35N3O3/c1-15(2)21(28)25-5-3-24(4-6-25)20(27)14-23-19(26)13-22-10-16-7-17(11-22)9-18(8-16)12-22/h15-18H,3-14H2,1-2H3,(H,23,26). The molecule has 1 heterocycles. The molecule has 0 spiro atoms. The first-order valence-corrected chi connectivity index (χ1v) is 11.2. The smallest absolute Gasteiger partial charge is 0.242 e. The predicted molar refractivity (Wildman–Crippen MR) is 106 cm³/mol. The summed E-state index contributed by atoms with van der Waals surface area (Å²) in [5.41, 5.74) is 0.213. The molecular formula is C22H35N3O3. The van der Waals surface area contributed by atoms with E-state index >= 15 is 0 Å². The number of rotatable bonds is 5. The molecule has 5 rings (SSSR count). The molecule has 0 unspecified atom stereocenters. The Morgan fingerprint density at radius 3 is 1.89 bits per heavy atom. The monoisotopic (exact) mass is 389 g/mol. The number of carbonyl (C=O) groups is 3. The molecule has 28 heavy (non-hydrogen) atoms. The first-order chi connectivity index (χ1) is 13.3. The van der Waals surface area contributed by atoms with Crippen molar-refractivity contribution in [2.75, 3.05) is 32.7 Å². The Morgan fingerprint density at radius 2 is 1.39 bits per heavy atom. The van der Waals surface area contributed by atoms with Crippen molar-refractivity contribution >= 4 is 17.7 Å². The average Bonchev–Trinajstić information content (AvgIpc) is 2.64. The lowest BCUT2D eigenvalue weighted by Crippen LogP contribution is -2.53. The molecule has 4 bridgehead atoms. The summed E-state index contributed by atoms with van der Waals surface area (Å²) in [4.78, 5) is 40.7. The molecule has 1 N–H and O–H groups in total. The van der Waals surface area contributed by atoms with Crippen molar-refractivity contribution < 1.29 is 14.4 Å². The summed E-state index contributed by atoms with van der Waals surface area (Å²) < 4.78 is 0. The van der Waals surface area contributed by atoms with Crippen LogP contribution in [-0.4, -0.2) is 60.2 Å². The number of carbonyl (C=O) groups excluding carboxylic acids is 3. The molecule has 4 saturated carbocycles. The Bertz CT molecular complexity index is 602. The zero-order valence-electron chi connectivity index (χ0n) is 17.4. The first kappa shape index (κ1) is 19.7. The Labute approximate surface area is 168 Å². The van der Waals surface area contributed by atoms with Crippen molar-refractivity contribution in [3.63, 3.8) is 0 Å². The molecular weight excluding hydrogens is 354 g/mol. The molecule has 3 amide bonds. The summed E-state index contributed by atoms with van der Waals surface area (Å²) in [5.74, 6) is 2.67. The molecule has 1 saturated heterocycles. The minimum Gasteiger partial charge on any atom is -0.347 e. The Balaban J connectivity index is 1.21. The summed E-state index contributed by atoms with van der Waals surface area (Å²) in [6.07, 6.45) is 8.38. The van der Waals surface area contributed by atoms with Gasteiger partial charge in [0.05, 0.1) is 6.54 Å². The van der Waals surface area contributed by atoms with Gasteiger partial charge < -0.3 is 15.1 Å². The van der Waals surface area contributed by atoms with Gasteiger partial charge in [0, 0.05) is 38.5 Å². The molecule has 6 heteroatoms. The van der Waals surface area contributed by atoms with Gasteiger partial charge in [-0.1, -0.05) is 13.8 Å². The minimum absolute atomic E-state index is 0.00822. The first-order valence-electron chi connectivity index (χ1n) is 11.2. The van der Waals surface area contributed by atoms with E-state index in [1.807, 2.05) is 18.7 Å². The largest absolute Gasteiger partial charge is 0.347 e. The maximum absolute atomic E-state index is 12.6. The van der Waals surface area contributed by atoms with E-state index in [0.717, 1.165) is 17.8 Å². The van der Waals surface area contributed by atoms with Crippen LogP contribution in [0, 0.1) is 29.1 Å². The number of nitrogens with one attached hydrogen (secondary N) is 1. The molecule has 5 fully saturated rings. The van der Waals surface area contributed by atoms with Gasteiger partial charge in [-0.3, -0.25) is 14.4 Å². The van der Waals surface area contributed by atoms with Gasteiger partial charge in [0.25, 0.3) is 0 Å².